The number of aliphatic hydroxyl groups is 1. The van der Waals surface area contributed by atoms with E-state index in [4.69, 9.17) is 0 Å². The molecule has 0 aliphatic heterocycles. The van der Waals surface area contributed by atoms with Gasteiger partial charge >= 0.3 is 51.4 Å². The van der Waals surface area contributed by atoms with E-state index in [1.54, 1.807) is 0 Å². The predicted molar refractivity (Wildman–Crippen MR) is 58.3 cm³/mol. The normalized spacial score (nSPS) is 15.2. The monoisotopic (exact) mass is 276 g/mol. The Morgan fingerprint density at radius 1 is 1.06 bits per heavy atom. The summed E-state index contributed by atoms with van der Waals surface area (Å²) in [5.74, 6) is 0. The van der Waals surface area contributed by atoms with E-state index in [0.717, 1.165) is 19.3 Å². The third kappa shape index (κ3) is 7.05. The molecule has 92 valence electrons. The summed E-state index contributed by atoms with van der Waals surface area (Å²) in [6.45, 7) is 3.88. The standard InChI is InChI=1S/C10H22O4S.K/c1-3-5-7-9-10(11,8-6-4-2)15(12,13)14;/h11H,3-9H2,1-2H3,(H,12,13,14);/q;+1/p-1. The van der Waals surface area contributed by atoms with Crippen LogP contribution in [0.3, 0.4) is 0 Å². The second-order valence-corrected chi connectivity index (χ2v) is 5.63. The van der Waals surface area contributed by atoms with Crippen LogP contribution in [-0.4, -0.2) is 23.0 Å². The quantitative estimate of drug-likeness (QED) is 0.350. The molecule has 0 saturated heterocycles. The SMILES string of the molecule is CCCCCC(O)(CCCC)S(=O)(=O)[O-].[K+]. The van der Waals surface area contributed by atoms with Crippen LogP contribution in [0.4, 0.5) is 0 Å². The van der Waals surface area contributed by atoms with Crippen molar-refractivity contribution in [3.63, 3.8) is 0 Å². The fourth-order valence-electron chi connectivity index (χ4n) is 1.48. The van der Waals surface area contributed by atoms with Crippen LogP contribution in [0, 0.1) is 0 Å². The van der Waals surface area contributed by atoms with Gasteiger partial charge in [0.2, 0.25) is 0 Å². The van der Waals surface area contributed by atoms with Gasteiger partial charge < -0.3 is 9.66 Å². The maximum atomic E-state index is 10.9. The van der Waals surface area contributed by atoms with Gasteiger partial charge in [-0.05, 0) is 25.7 Å². The average Bonchev–Trinajstić information content (AvgIpc) is 2.13. The second kappa shape index (κ2) is 9.44. The van der Waals surface area contributed by atoms with Gasteiger partial charge in [-0.15, -0.1) is 0 Å². The smallest absolute Gasteiger partial charge is 0.746 e. The van der Waals surface area contributed by atoms with Crippen LogP contribution in [-0.2, 0) is 10.1 Å². The minimum absolute atomic E-state index is 0. The Morgan fingerprint density at radius 3 is 1.88 bits per heavy atom. The number of rotatable bonds is 8. The average molecular weight is 276 g/mol. The minimum Gasteiger partial charge on any atom is -0.746 e. The molecule has 1 N–H and O–H groups in total. The Morgan fingerprint density at radius 2 is 1.50 bits per heavy atom. The molecule has 0 aliphatic rings. The zero-order valence-electron chi connectivity index (χ0n) is 10.5. The first-order chi connectivity index (χ1) is 6.87. The molecule has 0 radical (unpaired) electrons. The van der Waals surface area contributed by atoms with E-state index in [0.29, 0.717) is 12.8 Å². The summed E-state index contributed by atoms with van der Waals surface area (Å²) in [7, 11) is -4.61. The van der Waals surface area contributed by atoms with Crippen LogP contribution >= 0.6 is 0 Å². The topological polar surface area (TPSA) is 77.4 Å². The van der Waals surface area contributed by atoms with Crippen molar-refractivity contribution < 1.29 is 69.5 Å². The number of unbranched alkanes of at least 4 members (excludes halogenated alkanes) is 3. The Labute approximate surface area is 141 Å². The summed E-state index contributed by atoms with van der Waals surface area (Å²) in [6.07, 6.45) is 3.80. The molecule has 6 heteroatoms. The zero-order valence-corrected chi connectivity index (χ0v) is 14.5. The van der Waals surface area contributed by atoms with Crippen molar-refractivity contribution in [1.82, 2.24) is 0 Å². The maximum absolute atomic E-state index is 10.9. The van der Waals surface area contributed by atoms with Crippen LogP contribution in [0.2, 0.25) is 0 Å². The van der Waals surface area contributed by atoms with Gasteiger partial charge in [0, 0.05) is 0 Å². The Bertz CT molecular complexity index is 266. The zero-order chi connectivity index (χ0) is 11.9. The molecule has 0 aromatic carbocycles. The van der Waals surface area contributed by atoms with Gasteiger partial charge in [0.1, 0.15) is 10.1 Å². The molecule has 0 rings (SSSR count). The molecule has 0 heterocycles. The van der Waals surface area contributed by atoms with E-state index in [-0.39, 0.29) is 64.2 Å². The fourth-order valence-corrected chi connectivity index (χ4v) is 2.27. The fraction of sp³-hybridized carbons (Fsp3) is 1.00. The van der Waals surface area contributed by atoms with Crippen molar-refractivity contribution in [2.45, 2.75) is 63.7 Å². The van der Waals surface area contributed by atoms with Crippen molar-refractivity contribution in [3.05, 3.63) is 0 Å². The van der Waals surface area contributed by atoms with Gasteiger partial charge in [0.15, 0.2) is 4.93 Å². The van der Waals surface area contributed by atoms with Crippen molar-refractivity contribution in [2.75, 3.05) is 0 Å². The Hall–Kier alpha value is 1.51. The molecule has 16 heavy (non-hydrogen) atoms. The molecule has 4 nitrogen and oxygen atoms in total. The summed E-state index contributed by atoms with van der Waals surface area (Å²) in [5.41, 5.74) is 0. The molecule has 0 saturated carbocycles. The molecule has 0 fully saturated rings. The van der Waals surface area contributed by atoms with Gasteiger partial charge in [0.05, 0.1) is 0 Å². The Balaban J connectivity index is 0. The molecule has 0 spiro atoms. The van der Waals surface area contributed by atoms with Crippen LogP contribution in [0.1, 0.15) is 58.8 Å². The molecule has 0 aliphatic carbocycles. The summed E-state index contributed by atoms with van der Waals surface area (Å²) >= 11 is 0. The van der Waals surface area contributed by atoms with Crippen molar-refractivity contribution in [2.24, 2.45) is 0 Å². The van der Waals surface area contributed by atoms with Crippen LogP contribution in [0.5, 0.6) is 0 Å². The first-order valence-electron chi connectivity index (χ1n) is 5.55. The van der Waals surface area contributed by atoms with Gasteiger partial charge in [-0.1, -0.05) is 33.1 Å². The van der Waals surface area contributed by atoms with Crippen LogP contribution in [0.15, 0.2) is 0 Å². The second-order valence-electron chi connectivity index (χ2n) is 3.96. The summed E-state index contributed by atoms with van der Waals surface area (Å²) in [5, 5.41) is 9.81. The minimum atomic E-state index is -4.61. The maximum Gasteiger partial charge on any atom is 1.00 e. The van der Waals surface area contributed by atoms with Gasteiger partial charge in [-0.2, -0.15) is 0 Å². The van der Waals surface area contributed by atoms with Crippen molar-refractivity contribution >= 4 is 10.1 Å². The van der Waals surface area contributed by atoms with Gasteiger partial charge in [-0.25, -0.2) is 8.42 Å². The van der Waals surface area contributed by atoms with Crippen molar-refractivity contribution in [1.29, 1.82) is 0 Å². The summed E-state index contributed by atoms with van der Waals surface area (Å²) in [4.78, 5) is -2.04. The summed E-state index contributed by atoms with van der Waals surface area (Å²) < 4.78 is 32.8. The first-order valence-corrected chi connectivity index (χ1v) is 6.96. The van der Waals surface area contributed by atoms with Gasteiger partial charge in [-0.3, -0.25) is 0 Å². The molecule has 0 aromatic rings. The predicted octanol–water partition coefficient (Wildman–Crippen LogP) is -1.01. The van der Waals surface area contributed by atoms with Crippen LogP contribution in [0.25, 0.3) is 0 Å². The first kappa shape index (κ1) is 19.8. The van der Waals surface area contributed by atoms with E-state index >= 15 is 0 Å². The van der Waals surface area contributed by atoms with E-state index < -0.39 is 15.1 Å². The van der Waals surface area contributed by atoms with Crippen molar-refractivity contribution in [3.8, 4) is 0 Å². The van der Waals surface area contributed by atoms with E-state index in [1.807, 2.05) is 13.8 Å². The van der Waals surface area contributed by atoms with E-state index in [9.17, 15) is 18.1 Å². The third-order valence-corrected chi connectivity index (χ3v) is 3.90. The molecule has 1 unspecified atom stereocenters. The molecule has 1 atom stereocenters. The molecule has 0 amide bonds. The largest absolute Gasteiger partial charge is 1.00 e. The van der Waals surface area contributed by atoms with E-state index in [2.05, 4.69) is 0 Å². The molecule has 0 bridgehead atoms. The number of hydrogen-bond donors (Lipinski definition) is 1. The third-order valence-electron chi connectivity index (χ3n) is 2.56. The molecule has 0 aromatic heterocycles. The molecular formula is C10H21KO4S. The van der Waals surface area contributed by atoms with E-state index in [1.165, 1.54) is 0 Å². The van der Waals surface area contributed by atoms with Crippen LogP contribution < -0.4 is 51.4 Å². The number of hydrogen-bond acceptors (Lipinski definition) is 4. The van der Waals surface area contributed by atoms with Gasteiger partial charge in [0.25, 0.3) is 0 Å². The Kier molecular flexibility index (Phi) is 11.7. The molecular weight excluding hydrogens is 255 g/mol. The summed E-state index contributed by atoms with van der Waals surface area (Å²) in [6, 6.07) is 0.